The summed E-state index contributed by atoms with van der Waals surface area (Å²) in [7, 11) is 4.00. The number of carbonyl (C=O) groups is 2. The van der Waals surface area contributed by atoms with Gasteiger partial charge in [-0.25, -0.2) is 9.78 Å². The van der Waals surface area contributed by atoms with Gasteiger partial charge in [-0.05, 0) is 43.4 Å². The van der Waals surface area contributed by atoms with Gasteiger partial charge in [0.15, 0.2) is 0 Å². The lowest BCUT2D eigenvalue weighted by Crippen LogP contribution is -2.54. The molecular weight excluding hydrogens is 524 g/mol. The van der Waals surface area contributed by atoms with Crippen LogP contribution in [-0.4, -0.2) is 70.0 Å². The van der Waals surface area contributed by atoms with Gasteiger partial charge < -0.3 is 30.5 Å². The number of hydrogen-bond donors (Lipinski definition) is 4. The number of aromatic nitrogens is 2. The molecule has 0 saturated carbocycles. The van der Waals surface area contributed by atoms with Crippen molar-refractivity contribution in [3.8, 4) is 0 Å². The Balaban J connectivity index is 1.35. The summed E-state index contributed by atoms with van der Waals surface area (Å²) in [6.07, 6.45) is 4.38. The molecule has 210 valence electrons. The van der Waals surface area contributed by atoms with Crippen LogP contribution < -0.4 is 10.6 Å². The first kappa shape index (κ1) is 27.8. The zero-order chi connectivity index (χ0) is 28.3. The van der Waals surface area contributed by atoms with Crippen LogP contribution in [0.1, 0.15) is 41.8 Å². The van der Waals surface area contributed by atoms with Gasteiger partial charge in [-0.3, -0.25) is 4.79 Å². The lowest BCUT2D eigenvalue weighted by atomic mass is 9.91. The van der Waals surface area contributed by atoms with E-state index in [1.807, 2.05) is 81.1 Å². The Morgan fingerprint density at radius 3 is 2.67 bits per heavy atom. The van der Waals surface area contributed by atoms with Crippen LogP contribution in [0.15, 0.2) is 66.3 Å². The summed E-state index contributed by atoms with van der Waals surface area (Å²) in [5.74, 6) is -0.605. The Hall–Kier alpha value is -3.73. The van der Waals surface area contributed by atoms with E-state index in [0.29, 0.717) is 36.6 Å². The number of carbonyl (C=O) groups excluding carboxylic acids is 2. The van der Waals surface area contributed by atoms with Gasteiger partial charge >= 0.3 is 6.03 Å². The third kappa shape index (κ3) is 6.04. The highest BCUT2D eigenvalue weighted by molar-refractivity contribution is 7.09. The molecule has 0 bridgehead atoms. The summed E-state index contributed by atoms with van der Waals surface area (Å²) in [4.78, 5) is 38.6. The zero-order valence-corrected chi connectivity index (χ0v) is 23.9. The molecule has 0 spiro atoms. The minimum Gasteiger partial charge on any atom is -0.383 e. The number of aliphatic hydroxyl groups is 1. The quantitative estimate of drug-likeness (QED) is 0.254. The van der Waals surface area contributed by atoms with Gasteiger partial charge in [-0.2, -0.15) is 0 Å². The summed E-state index contributed by atoms with van der Waals surface area (Å²) >= 11 is 1.42. The van der Waals surface area contributed by atoms with Gasteiger partial charge in [0, 0.05) is 72.8 Å². The van der Waals surface area contributed by atoms with Crippen LogP contribution in [0.25, 0.3) is 10.9 Å². The predicted molar refractivity (Wildman–Crippen MR) is 158 cm³/mol. The molecule has 10 heteroatoms. The molecule has 1 saturated heterocycles. The number of thiazole rings is 1. The summed E-state index contributed by atoms with van der Waals surface area (Å²) in [5, 5.41) is 20.7. The SMILES string of the molecule is C[C@H](c1c[nH]c2ccccc12)[C@@H](NC(=O)N1CCC(O)(c2nccs2)CC1)C(=O)Nc1cccc(CN(C)C)c1. The molecule has 4 N–H and O–H groups in total. The number of nitrogens with one attached hydrogen (secondary N) is 3. The van der Waals surface area contributed by atoms with Crippen molar-refractivity contribution in [1.82, 2.24) is 25.1 Å². The summed E-state index contributed by atoms with van der Waals surface area (Å²) < 4.78 is 0. The van der Waals surface area contributed by atoms with E-state index in [4.69, 9.17) is 0 Å². The fourth-order valence-corrected chi connectivity index (χ4v) is 6.17. The van der Waals surface area contributed by atoms with E-state index in [0.717, 1.165) is 28.6 Å². The molecule has 2 aromatic heterocycles. The molecule has 0 aliphatic carbocycles. The lowest BCUT2D eigenvalue weighted by Gasteiger charge is -2.37. The van der Waals surface area contributed by atoms with Crippen LogP contribution in [-0.2, 0) is 16.9 Å². The van der Waals surface area contributed by atoms with E-state index in [2.05, 4.69) is 25.5 Å². The second kappa shape index (κ2) is 11.8. The molecule has 40 heavy (non-hydrogen) atoms. The molecule has 0 radical (unpaired) electrons. The fraction of sp³-hybridized carbons (Fsp3) is 0.367. The van der Waals surface area contributed by atoms with Crippen molar-refractivity contribution in [2.75, 3.05) is 32.5 Å². The first-order valence-corrected chi connectivity index (χ1v) is 14.4. The third-order valence-corrected chi connectivity index (χ3v) is 8.54. The smallest absolute Gasteiger partial charge is 0.318 e. The number of anilines is 1. The number of fused-ring (bicyclic) bond motifs is 1. The minimum atomic E-state index is -1.03. The van der Waals surface area contributed by atoms with E-state index in [9.17, 15) is 14.7 Å². The molecule has 5 rings (SSSR count). The molecule has 1 aliphatic rings. The van der Waals surface area contributed by atoms with E-state index < -0.39 is 11.6 Å². The number of nitrogens with zero attached hydrogens (tertiary/aromatic N) is 3. The van der Waals surface area contributed by atoms with Gasteiger partial charge in [0.2, 0.25) is 5.91 Å². The highest BCUT2D eigenvalue weighted by Gasteiger charge is 2.39. The maximum atomic E-state index is 13.8. The number of aromatic amines is 1. The molecule has 2 aromatic carbocycles. The van der Waals surface area contributed by atoms with Crippen LogP contribution in [0, 0.1) is 0 Å². The van der Waals surface area contributed by atoms with Gasteiger partial charge in [0.05, 0.1) is 0 Å². The number of urea groups is 1. The highest BCUT2D eigenvalue weighted by Crippen LogP contribution is 2.34. The Morgan fingerprint density at radius 2 is 1.95 bits per heavy atom. The van der Waals surface area contributed by atoms with Gasteiger partial charge in [0.25, 0.3) is 0 Å². The van der Waals surface area contributed by atoms with E-state index in [-0.39, 0.29) is 17.9 Å². The molecule has 3 amide bonds. The van der Waals surface area contributed by atoms with Crippen LogP contribution in [0.4, 0.5) is 10.5 Å². The third-order valence-electron chi connectivity index (χ3n) is 7.57. The van der Waals surface area contributed by atoms with Crippen molar-refractivity contribution >= 4 is 39.9 Å². The monoisotopic (exact) mass is 560 g/mol. The van der Waals surface area contributed by atoms with Crippen molar-refractivity contribution in [1.29, 1.82) is 0 Å². The van der Waals surface area contributed by atoms with E-state index in [1.54, 1.807) is 11.1 Å². The maximum absolute atomic E-state index is 13.8. The zero-order valence-electron chi connectivity index (χ0n) is 23.1. The maximum Gasteiger partial charge on any atom is 0.318 e. The van der Waals surface area contributed by atoms with E-state index >= 15 is 0 Å². The Morgan fingerprint density at radius 1 is 1.18 bits per heavy atom. The van der Waals surface area contributed by atoms with Gasteiger partial charge in [0.1, 0.15) is 16.7 Å². The number of H-pyrrole nitrogens is 1. The molecule has 1 aliphatic heterocycles. The summed E-state index contributed by atoms with van der Waals surface area (Å²) in [5.41, 5.74) is 2.66. The van der Waals surface area contributed by atoms with E-state index in [1.165, 1.54) is 11.3 Å². The number of benzene rings is 2. The second-order valence-electron chi connectivity index (χ2n) is 10.8. The highest BCUT2D eigenvalue weighted by atomic mass is 32.1. The molecule has 1 fully saturated rings. The molecule has 4 aromatic rings. The molecule has 2 atom stereocenters. The van der Waals surface area contributed by atoms with Gasteiger partial charge in [-0.15, -0.1) is 11.3 Å². The average molecular weight is 561 g/mol. The lowest BCUT2D eigenvalue weighted by molar-refractivity contribution is -0.118. The standard InChI is InChI=1S/C30H36N6O3S/c1-20(24-18-32-25-10-5-4-9-23(24)25)26(27(37)33-22-8-6-7-21(17-22)19-35(2)3)34-29(38)36-14-11-30(39,12-15-36)28-31-13-16-40-28/h4-10,13,16-18,20,26,32,39H,11-12,14-15,19H2,1-3H3,(H,33,37)(H,34,38)/t20-,26-/m1/s1. The van der Waals surface area contributed by atoms with Crippen LogP contribution in [0.2, 0.25) is 0 Å². The minimum absolute atomic E-state index is 0.288. The predicted octanol–water partition coefficient (Wildman–Crippen LogP) is 4.49. The van der Waals surface area contributed by atoms with Crippen molar-refractivity contribution in [3.05, 3.63) is 82.4 Å². The summed E-state index contributed by atoms with van der Waals surface area (Å²) in [6, 6.07) is 14.5. The van der Waals surface area contributed by atoms with Crippen molar-refractivity contribution in [2.45, 2.75) is 43.9 Å². The molecule has 9 nitrogen and oxygen atoms in total. The Bertz CT molecular complexity index is 1460. The number of rotatable bonds is 8. The van der Waals surface area contributed by atoms with Crippen LogP contribution >= 0.6 is 11.3 Å². The normalized spacial score (nSPS) is 16.6. The average Bonchev–Trinajstić information content (AvgIpc) is 3.63. The van der Waals surface area contributed by atoms with Gasteiger partial charge in [-0.1, -0.05) is 37.3 Å². The number of likely N-dealkylation sites (tertiary alicyclic amines) is 1. The number of hydrogen-bond acceptors (Lipinski definition) is 6. The molecule has 3 heterocycles. The first-order chi connectivity index (χ1) is 19.2. The number of piperidine rings is 1. The largest absolute Gasteiger partial charge is 0.383 e. The summed E-state index contributed by atoms with van der Waals surface area (Å²) in [6.45, 7) is 3.44. The van der Waals surface area contributed by atoms with Crippen molar-refractivity contribution < 1.29 is 14.7 Å². The fourth-order valence-electron chi connectivity index (χ4n) is 5.37. The van der Waals surface area contributed by atoms with Crippen molar-refractivity contribution in [2.24, 2.45) is 0 Å². The first-order valence-electron chi connectivity index (χ1n) is 13.5. The number of para-hydroxylation sites is 1. The second-order valence-corrected chi connectivity index (χ2v) is 11.7. The topological polar surface area (TPSA) is 114 Å². The Kier molecular flexibility index (Phi) is 8.20. The molecule has 0 unspecified atom stereocenters. The van der Waals surface area contributed by atoms with Crippen LogP contribution in [0.3, 0.4) is 0 Å². The number of amides is 3. The van der Waals surface area contributed by atoms with Crippen molar-refractivity contribution in [3.63, 3.8) is 0 Å². The molecular formula is C30H36N6O3S. The Labute approximate surface area is 238 Å². The van der Waals surface area contributed by atoms with Crippen LogP contribution in [0.5, 0.6) is 0 Å².